The molecular weight excluding hydrogens is 489 g/mol. The van der Waals surface area contributed by atoms with Crippen LogP contribution in [0.1, 0.15) is 32.6 Å². The number of ether oxygens (including phenoxy) is 4. The fourth-order valence-electron chi connectivity index (χ4n) is 4.39. The lowest BCUT2D eigenvalue weighted by Crippen LogP contribution is -2.32. The number of hydrogen-bond donors (Lipinski definition) is 0. The molecular formula is C27H23Cl2NO5. The Labute approximate surface area is 213 Å². The Morgan fingerprint density at radius 3 is 2.60 bits per heavy atom. The largest absolute Gasteiger partial charge is 0.497 e. The van der Waals surface area contributed by atoms with Crippen LogP contribution in [0.2, 0.25) is 10.0 Å². The van der Waals surface area contributed by atoms with Crippen LogP contribution in [0.4, 0.5) is 0 Å². The Kier molecular flexibility index (Phi) is 6.36. The summed E-state index contributed by atoms with van der Waals surface area (Å²) in [5, 5.41) is 1.04. The van der Waals surface area contributed by atoms with Crippen LogP contribution in [-0.4, -0.2) is 31.6 Å². The van der Waals surface area contributed by atoms with Crippen molar-refractivity contribution in [2.24, 2.45) is 0 Å². The average Bonchev–Trinajstić information content (AvgIpc) is 3.16. The van der Waals surface area contributed by atoms with E-state index < -0.39 is 0 Å². The summed E-state index contributed by atoms with van der Waals surface area (Å²) in [6.07, 6.45) is 1.68. The minimum absolute atomic E-state index is 0.183. The van der Waals surface area contributed by atoms with Gasteiger partial charge in [-0.25, -0.2) is 0 Å². The van der Waals surface area contributed by atoms with Gasteiger partial charge in [-0.15, -0.1) is 0 Å². The molecule has 35 heavy (non-hydrogen) atoms. The van der Waals surface area contributed by atoms with E-state index in [0.717, 1.165) is 22.4 Å². The van der Waals surface area contributed by atoms with Gasteiger partial charge in [0.2, 0.25) is 5.78 Å². The fraction of sp³-hybridized carbons (Fsp3) is 0.222. The summed E-state index contributed by atoms with van der Waals surface area (Å²) in [5.41, 5.74) is 3.98. The highest BCUT2D eigenvalue weighted by molar-refractivity contribution is 6.42. The summed E-state index contributed by atoms with van der Waals surface area (Å²) in [6, 6.07) is 12.8. The third-order valence-corrected chi connectivity index (χ3v) is 6.85. The van der Waals surface area contributed by atoms with Gasteiger partial charge >= 0.3 is 0 Å². The SMILES string of the molecule is COc1ccc(OC)c(/C=C2\Oc3c(cc4c(c3C)OCN(Cc3ccc(Cl)c(Cl)c3)C4)C2=O)c1. The van der Waals surface area contributed by atoms with Crippen LogP contribution in [-0.2, 0) is 13.1 Å². The number of halogens is 2. The van der Waals surface area contributed by atoms with E-state index in [4.69, 9.17) is 42.1 Å². The van der Waals surface area contributed by atoms with E-state index in [1.807, 2.05) is 25.1 Å². The highest BCUT2D eigenvalue weighted by Crippen LogP contribution is 2.43. The quantitative estimate of drug-likeness (QED) is 0.375. The van der Waals surface area contributed by atoms with Crippen molar-refractivity contribution in [1.29, 1.82) is 0 Å². The zero-order chi connectivity index (χ0) is 24.7. The molecule has 0 saturated heterocycles. The zero-order valence-electron chi connectivity index (χ0n) is 19.5. The van der Waals surface area contributed by atoms with Gasteiger partial charge in [-0.2, -0.15) is 0 Å². The minimum Gasteiger partial charge on any atom is -0.497 e. The predicted molar refractivity (Wildman–Crippen MR) is 135 cm³/mol. The van der Waals surface area contributed by atoms with Gasteiger partial charge in [0.05, 0.1) is 29.8 Å². The lowest BCUT2D eigenvalue weighted by molar-refractivity contribution is 0.0876. The maximum absolute atomic E-state index is 13.3. The first-order chi connectivity index (χ1) is 16.9. The highest BCUT2D eigenvalue weighted by atomic mass is 35.5. The highest BCUT2D eigenvalue weighted by Gasteiger charge is 2.34. The average molecular weight is 512 g/mol. The van der Waals surface area contributed by atoms with E-state index in [0.29, 0.717) is 58.2 Å². The van der Waals surface area contributed by atoms with Crippen molar-refractivity contribution >= 4 is 35.1 Å². The van der Waals surface area contributed by atoms with Crippen LogP contribution < -0.4 is 18.9 Å². The van der Waals surface area contributed by atoms with Crippen molar-refractivity contribution in [3.05, 3.63) is 86.1 Å². The number of Topliss-reactive ketones (excluding diaryl/α,β-unsaturated/α-hetero) is 1. The first kappa shape index (κ1) is 23.5. The number of benzene rings is 3. The third kappa shape index (κ3) is 4.45. The minimum atomic E-state index is -0.183. The summed E-state index contributed by atoms with van der Waals surface area (Å²) >= 11 is 12.2. The van der Waals surface area contributed by atoms with Crippen molar-refractivity contribution in [3.8, 4) is 23.0 Å². The van der Waals surface area contributed by atoms with Crippen LogP contribution in [0.25, 0.3) is 6.08 Å². The smallest absolute Gasteiger partial charge is 0.231 e. The predicted octanol–water partition coefficient (Wildman–Crippen LogP) is 6.29. The molecule has 0 atom stereocenters. The molecule has 0 fully saturated rings. The first-order valence-corrected chi connectivity index (χ1v) is 11.8. The molecule has 0 spiro atoms. The maximum atomic E-state index is 13.3. The molecule has 2 heterocycles. The van der Waals surface area contributed by atoms with Gasteiger partial charge in [-0.1, -0.05) is 29.3 Å². The van der Waals surface area contributed by atoms with Crippen molar-refractivity contribution in [1.82, 2.24) is 4.90 Å². The molecule has 5 rings (SSSR count). The molecule has 6 nitrogen and oxygen atoms in total. The Morgan fingerprint density at radius 2 is 1.86 bits per heavy atom. The molecule has 0 aliphatic carbocycles. The molecule has 180 valence electrons. The summed E-state index contributed by atoms with van der Waals surface area (Å²) in [7, 11) is 3.17. The van der Waals surface area contributed by atoms with Crippen molar-refractivity contribution in [2.45, 2.75) is 20.0 Å². The number of nitrogens with zero attached hydrogens (tertiary/aromatic N) is 1. The van der Waals surface area contributed by atoms with E-state index in [2.05, 4.69) is 4.90 Å². The normalized spacial score (nSPS) is 15.9. The molecule has 0 aromatic heterocycles. The molecule has 0 saturated carbocycles. The number of allylic oxidation sites excluding steroid dienone is 1. The number of ketones is 1. The van der Waals surface area contributed by atoms with E-state index >= 15 is 0 Å². The number of rotatable bonds is 5. The molecule has 2 aliphatic rings. The Bertz CT molecular complexity index is 1370. The first-order valence-electron chi connectivity index (χ1n) is 11.0. The van der Waals surface area contributed by atoms with E-state index in [-0.39, 0.29) is 11.5 Å². The summed E-state index contributed by atoms with van der Waals surface area (Å²) in [5.74, 6) is 2.59. The summed E-state index contributed by atoms with van der Waals surface area (Å²) in [6.45, 7) is 3.58. The Morgan fingerprint density at radius 1 is 1.03 bits per heavy atom. The summed E-state index contributed by atoms with van der Waals surface area (Å²) < 4.78 is 22.9. The van der Waals surface area contributed by atoms with Crippen molar-refractivity contribution in [2.75, 3.05) is 21.0 Å². The number of carbonyl (C=O) groups is 1. The molecule has 2 aliphatic heterocycles. The Balaban J connectivity index is 1.43. The number of hydrogen-bond acceptors (Lipinski definition) is 6. The van der Waals surface area contributed by atoms with Gasteiger partial charge in [-0.3, -0.25) is 9.69 Å². The molecule has 3 aromatic rings. The van der Waals surface area contributed by atoms with Crippen LogP contribution in [0, 0.1) is 6.92 Å². The number of fused-ring (bicyclic) bond motifs is 2. The molecule has 0 unspecified atom stereocenters. The van der Waals surface area contributed by atoms with Gasteiger partial charge in [0, 0.05) is 29.8 Å². The molecule has 0 radical (unpaired) electrons. The van der Waals surface area contributed by atoms with Gasteiger partial charge < -0.3 is 18.9 Å². The molecule has 3 aromatic carbocycles. The molecule has 8 heteroatoms. The van der Waals surface area contributed by atoms with Crippen LogP contribution in [0.5, 0.6) is 23.0 Å². The van der Waals surface area contributed by atoms with E-state index in [1.165, 1.54) is 0 Å². The van der Waals surface area contributed by atoms with Crippen LogP contribution in [0.3, 0.4) is 0 Å². The second-order valence-corrected chi connectivity index (χ2v) is 9.24. The zero-order valence-corrected chi connectivity index (χ0v) is 21.0. The maximum Gasteiger partial charge on any atom is 0.231 e. The van der Waals surface area contributed by atoms with Gasteiger partial charge in [0.25, 0.3) is 0 Å². The van der Waals surface area contributed by atoms with Crippen LogP contribution >= 0.6 is 23.2 Å². The number of carbonyl (C=O) groups excluding carboxylic acids is 1. The van der Waals surface area contributed by atoms with Crippen molar-refractivity contribution < 1.29 is 23.7 Å². The Hall–Kier alpha value is -3.19. The fourth-order valence-corrected chi connectivity index (χ4v) is 4.71. The second kappa shape index (κ2) is 9.46. The van der Waals surface area contributed by atoms with Crippen molar-refractivity contribution in [3.63, 3.8) is 0 Å². The summed E-state index contributed by atoms with van der Waals surface area (Å²) in [4.78, 5) is 15.4. The third-order valence-electron chi connectivity index (χ3n) is 6.12. The van der Waals surface area contributed by atoms with Gasteiger partial charge in [-0.05, 0) is 55.0 Å². The topological polar surface area (TPSA) is 57.2 Å². The standard InChI is InChI=1S/C27H23Cl2NO5/c1-15-26-18(13-30(14-34-26)12-16-4-6-21(28)22(29)8-16)10-20-25(31)24(35-27(15)20)11-17-9-19(32-2)5-7-23(17)33-3/h4-11H,12-14H2,1-3H3/b24-11-. The van der Waals surface area contributed by atoms with Gasteiger partial charge in [0.1, 0.15) is 29.7 Å². The lowest BCUT2D eigenvalue weighted by Gasteiger charge is -2.30. The molecule has 0 amide bonds. The van der Waals surface area contributed by atoms with Crippen LogP contribution in [0.15, 0.2) is 48.2 Å². The van der Waals surface area contributed by atoms with E-state index in [9.17, 15) is 4.79 Å². The monoisotopic (exact) mass is 511 g/mol. The van der Waals surface area contributed by atoms with E-state index in [1.54, 1.807) is 44.6 Å². The van der Waals surface area contributed by atoms with Gasteiger partial charge in [0.15, 0.2) is 5.76 Å². The second-order valence-electron chi connectivity index (χ2n) is 8.42. The lowest BCUT2D eigenvalue weighted by atomic mass is 9.99. The number of methoxy groups -OCH3 is 2. The molecule has 0 bridgehead atoms. The molecule has 0 N–H and O–H groups in total.